The van der Waals surface area contributed by atoms with Crippen molar-refractivity contribution in [1.82, 2.24) is 14.7 Å². The van der Waals surface area contributed by atoms with Gasteiger partial charge in [0.05, 0.1) is 11.7 Å². The molecule has 1 aliphatic heterocycles. The maximum Gasteiger partial charge on any atom is 0.0670 e. The van der Waals surface area contributed by atoms with Crippen LogP contribution in [-0.4, -0.2) is 47.5 Å². The van der Waals surface area contributed by atoms with Gasteiger partial charge in [-0.05, 0) is 26.3 Å². The van der Waals surface area contributed by atoms with Crippen LogP contribution in [-0.2, 0) is 18.2 Å². The average molecular weight is 266 g/mol. The first-order valence-corrected chi connectivity index (χ1v) is 7.19. The molecule has 1 unspecified atom stereocenters. The highest BCUT2D eigenvalue weighted by Gasteiger charge is 2.27. The third kappa shape index (κ3) is 3.16. The van der Waals surface area contributed by atoms with Gasteiger partial charge in [0, 0.05) is 44.6 Å². The highest BCUT2D eigenvalue weighted by molar-refractivity contribution is 5.22. The second kappa shape index (κ2) is 6.50. The Morgan fingerprint density at radius 3 is 2.79 bits per heavy atom. The quantitative estimate of drug-likeness (QED) is 0.867. The van der Waals surface area contributed by atoms with E-state index in [4.69, 9.17) is 10.5 Å². The fraction of sp³-hybridized carbons (Fsp3) is 0.786. The highest BCUT2D eigenvalue weighted by Crippen LogP contribution is 2.26. The normalized spacial score (nSPS) is 19.0. The molecule has 1 aliphatic rings. The van der Waals surface area contributed by atoms with Crippen LogP contribution in [0.1, 0.15) is 37.1 Å². The van der Waals surface area contributed by atoms with Crippen molar-refractivity contribution >= 4 is 0 Å². The average Bonchev–Trinajstić information content (AvgIpc) is 2.81. The Bertz CT molecular complexity index is 398. The summed E-state index contributed by atoms with van der Waals surface area (Å²) in [4.78, 5) is 2.42. The Morgan fingerprint density at radius 1 is 1.53 bits per heavy atom. The topological polar surface area (TPSA) is 56.3 Å². The molecule has 5 nitrogen and oxygen atoms in total. The van der Waals surface area contributed by atoms with Gasteiger partial charge in [-0.25, -0.2) is 0 Å². The first kappa shape index (κ1) is 14.5. The summed E-state index contributed by atoms with van der Waals surface area (Å²) in [6.07, 6.45) is 5.25. The van der Waals surface area contributed by atoms with E-state index in [2.05, 4.69) is 30.2 Å². The zero-order valence-electron chi connectivity index (χ0n) is 12.3. The molecule has 2 rings (SSSR count). The monoisotopic (exact) mass is 266 g/mol. The van der Waals surface area contributed by atoms with Crippen molar-refractivity contribution in [3.8, 4) is 0 Å². The van der Waals surface area contributed by atoms with Gasteiger partial charge in [0.2, 0.25) is 0 Å². The number of likely N-dealkylation sites (N-methyl/N-ethyl adjacent to an activating group) is 1. The van der Waals surface area contributed by atoms with Crippen LogP contribution in [0.15, 0.2) is 6.20 Å². The molecule has 0 saturated carbocycles. The van der Waals surface area contributed by atoms with Gasteiger partial charge in [-0.3, -0.25) is 9.58 Å². The molecule has 1 fully saturated rings. The summed E-state index contributed by atoms with van der Waals surface area (Å²) >= 11 is 0. The summed E-state index contributed by atoms with van der Waals surface area (Å²) in [6, 6.07) is 0.818. The van der Waals surface area contributed by atoms with Gasteiger partial charge in [0.25, 0.3) is 0 Å². The van der Waals surface area contributed by atoms with Crippen molar-refractivity contribution in [3.05, 3.63) is 17.5 Å². The highest BCUT2D eigenvalue weighted by atomic mass is 16.5. The molecule has 0 aliphatic carbocycles. The number of aryl methyl sites for hydroxylation is 2. The van der Waals surface area contributed by atoms with Crippen molar-refractivity contribution in [2.75, 3.05) is 26.8 Å². The smallest absolute Gasteiger partial charge is 0.0670 e. The van der Waals surface area contributed by atoms with Crippen molar-refractivity contribution in [3.63, 3.8) is 0 Å². The SMILES string of the molecule is CCc1nn(C)cc1C(CN)N(C)C1CCOCC1. The standard InChI is InChI=1S/C14H26N4O/c1-4-13-12(10-17(2)16-13)14(9-15)18(3)11-5-7-19-8-6-11/h10-11,14H,4-9,15H2,1-3H3. The summed E-state index contributed by atoms with van der Waals surface area (Å²) in [5.74, 6) is 0. The van der Waals surface area contributed by atoms with Crippen LogP contribution in [0.4, 0.5) is 0 Å². The molecule has 1 atom stereocenters. The Morgan fingerprint density at radius 2 is 2.21 bits per heavy atom. The van der Waals surface area contributed by atoms with Gasteiger partial charge < -0.3 is 10.5 Å². The minimum atomic E-state index is 0.256. The van der Waals surface area contributed by atoms with Gasteiger partial charge in [-0.15, -0.1) is 0 Å². The second-order valence-electron chi connectivity index (χ2n) is 5.32. The second-order valence-corrected chi connectivity index (χ2v) is 5.32. The summed E-state index contributed by atoms with van der Waals surface area (Å²) in [7, 11) is 4.16. The summed E-state index contributed by atoms with van der Waals surface area (Å²) in [5.41, 5.74) is 8.48. The Hall–Kier alpha value is -0.910. The number of ether oxygens (including phenoxy) is 1. The molecule has 1 saturated heterocycles. The molecule has 0 bridgehead atoms. The number of hydrogen-bond donors (Lipinski definition) is 1. The van der Waals surface area contributed by atoms with Crippen LogP contribution in [0.2, 0.25) is 0 Å². The van der Waals surface area contributed by atoms with Crippen LogP contribution in [0, 0.1) is 0 Å². The number of rotatable bonds is 5. The van der Waals surface area contributed by atoms with Crippen LogP contribution in [0.25, 0.3) is 0 Å². The third-order valence-corrected chi connectivity index (χ3v) is 4.11. The minimum Gasteiger partial charge on any atom is -0.381 e. The van der Waals surface area contributed by atoms with E-state index in [-0.39, 0.29) is 6.04 Å². The Kier molecular flexibility index (Phi) is 4.96. The fourth-order valence-corrected chi connectivity index (χ4v) is 2.97. The number of aromatic nitrogens is 2. The molecular weight excluding hydrogens is 240 g/mol. The molecule has 1 aromatic rings. The van der Waals surface area contributed by atoms with E-state index >= 15 is 0 Å². The molecule has 2 heterocycles. The van der Waals surface area contributed by atoms with Crippen molar-refractivity contribution in [1.29, 1.82) is 0 Å². The summed E-state index contributed by atoms with van der Waals surface area (Å²) < 4.78 is 7.34. The Labute approximate surface area is 115 Å². The maximum atomic E-state index is 6.04. The molecule has 5 heteroatoms. The van der Waals surface area contributed by atoms with E-state index in [1.165, 1.54) is 5.56 Å². The molecule has 2 N–H and O–H groups in total. The van der Waals surface area contributed by atoms with E-state index < -0.39 is 0 Å². The van der Waals surface area contributed by atoms with Gasteiger partial charge >= 0.3 is 0 Å². The zero-order chi connectivity index (χ0) is 13.8. The van der Waals surface area contributed by atoms with Crippen molar-refractivity contribution in [2.24, 2.45) is 12.8 Å². The number of hydrogen-bond acceptors (Lipinski definition) is 4. The van der Waals surface area contributed by atoms with Gasteiger partial charge in [-0.1, -0.05) is 6.92 Å². The molecular formula is C14H26N4O. The van der Waals surface area contributed by atoms with E-state index in [9.17, 15) is 0 Å². The lowest BCUT2D eigenvalue weighted by Gasteiger charge is -2.36. The minimum absolute atomic E-state index is 0.256. The molecule has 19 heavy (non-hydrogen) atoms. The van der Waals surface area contributed by atoms with Gasteiger partial charge in [0.15, 0.2) is 0 Å². The van der Waals surface area contributed by atoms with E-state index in [1.807, 2.05) is 11.7 Å². The van der Waals surface area contributed by atoms with Crippen molar-refractivity contribution < 1.29 is 4.74 Å². The first-order valence-electron chi connectivity index (χ1n) is 7.19. The molecule has 0 radical (unpaired) electrons. The van der Waals surface area contributed by atoms with Crippen LogP contribution < -0.4 is 5.73 Å². The lowest BCUT2D eigenvalue weighted by Crippen LogP contribution is -2.41. The number of nitrogens with two attached hydrogens (primary N) is 1. The first-order chi connectivity index (χ1) is 9.17. The lowest BCUT2D eigenvalue weighted by molar-refractivity contribution is 0.0292. The van der Waals surface area contributed by atoms with E-state index in [0.29, 0.717) is 12.6 Å². The summed E-state index contributed by atoms with van der Waals surface area (Å²) in [6.45, 7) is 4.50. The summed E-state index contributed by atoms with van der Waals surface area (Å²) in [5, 5.41) is 4.54. The predicted octanol–water partition coefficient (Wildman–Crippen LogP) is 1.09. The van der Waals surface area contributed by atoms with Crippen LogP contribution in [0.3, 0.4) is 0 Å². The van der Waals surface area contributed by atoms with Gasteiger partial charge in [-0.2, -0.15) is 5.10 Å². The fourth-order valence-electron chi connectivity index (χ4n) is 2.97. The molecule has 108 valence electrons. The van der Waals surface area contributed by atoms with Crippen molar-refractivity contribution in [2.45, 2.75) is 38.3 Å². The van der Waals surface area contributed by atoms with Gasteiger partial charge in [0.1, 0.15) is 0 Å². The van der Waals surface area contributed by atoms with Crippen LogP contribution in [0.5, 0.6) is 0 Å². The molecule has 0 spiro atoms. The molecule has 1 aromatic heterocycles. The number of nitrogens with zero attached hydrogens (tertiary/aromatic N) is 3. The van der Waals surface area contributed by atoms with Crippen LogP contribution >= 0.6 is 0 Å². The maximum absolute atomic E-state index is 6.04. The zero-order valence-corrected chi connectivity index (χ0v) is 12.3. The molecule has 0 amide bonds. The van der Waals surface area contributed by atoms with E-state index in [1.54, 1.807) is 0 Å². The van der Waals surface area contributed by atoms with E-state index in [0.717, 1.165) is 38.2 Å². The largest absolute Gasteiger partial charge is 0.381 e. The Balaban J connectivity index is 2.17. The predicted molar refractivity (Wildman–Crippen MR) is 76.0 cm³/mol. The third-order valence-electron chi connectivity index (χ3n) is 4.11. The lowest BCUT2D eigenvalue weighted by atomic mass is 10.00. The molecule has 0 aromatic carbocycles.